The molecule has 12 heteroatoms. The molecule has 6 rings (SSSR count). The van der Waals surface area contributed by atoms with Gasteiger partial charge in [0.25, 0.3) is 11.1 Å². The van der Waals surface area contributed by atoms with E-state index in [2.05, 4.69) is 20.2 Å². The van der Waals surface area contributed by atoms with E-state index in [1.165, 1.54) is 31.7 Å². The summed E-state index contributed by atoms with van der Waals surface area (Å²) in [6.07, 6.45) is 3.55. The fourth-order valence-corrected chi connectivity index (χ4v) is 5.38. The van der Waals surface area contributed by atoms with Crippen molar-refractivity contribution in [1.29, 1.82) is 0 Å². The van der Waals surface area contributed by atoms with Crippen LogP contribution in [0.1, 0.15) is 11.1 Å². The quantitative estimate of drug-likeness (QED) is 0.338. The standard InChI is InChI=1S/C24H16N6O4S2/c1-33-15-7-3-13(4-8-15)11-17-21(31)29-23(35-17)25-19(27-29)20-26-24-30(28-20)22(32)18(36-24)12-14-5-9-16(34-2)10-6-14/h3-12H,1-2H3/b17-11-,18-12+. The van der Waals surface area contributed by atoms with Crippen molar-refractivity contribution in [1.82, 2.24) is 29.2 Å². The van der Waals surface area contributed by atoms with Crippen LogP contribution in [0.25, 0.3) is 33.7 Å². The van der Waals surface area contributed by atoms with E-state index >= 15 is 0 Å². The number of thiazole rings is 2. The van der Waals surface area contributed by atoms with Crippen molar-refractivity contribution in [3.8, 4) is 23.1 Å². The monoisotopic (exact) mass is 516 g/mol. The smallest absolute Gasteiger partial charge is 0.291 e. The Morgan fingerprint density at radius 1 is 0.667 bits per heavy atom. The van der Waals surface area contributed by atoms with Gasteiger partial charge in [-0.15, -0.1) is 10.2 Å². The van der Waals surface area contributed by atoms with Crippen LogP contribution in [0.3, 0.4) is 0 Å². The van der Waals surface area contributed by atoms with Gasteiger partial charge in [0.15, 0.2) is 0 Å². The molecule has 0 amide bonds. The number of ether oxygens (including phenoxy) is 2. The van der Waals surface area contributed by atoms with Gasteiger partial charge in [0, 0.05) is 0 Å². The van der Waals surface area contributed by atoms with Crippen LogP contribution in [0, 0.1) is 0 Å². The highest BCUT2D eigenvalue weighted by atomic mass is 32.1. The first-order valence-corrected chi connectivity index (χ1v) is 12.3. The SMILES string of the molecule is COc1ccc(/C=c2\sc3nc(-c4nc5s/c(=C/c6ccc(OC)cc6)c(=O)n5n4)nn3c2=O)cc1. The Hall–Kier alpha value is -4.42. The summed E-state index contributed by atoms with van der Waals surface area (Å²) in [6.45, 7) is 0. The van der Waals surface area contributed by atoms with Crippen LogP contribution < -0.4 is 29.7 Å². The van der Waals surface area contributed by atoms with E-state index in [-0.39, 0.29) is 22.8 Å². The third-order valence-electron chi connectivity index (χ3n) is 5.39. The Labute approximate surface area is 210 Å². The molecule has 178 valence electrons. The summed E-state index contributed by atoms with van der Waals surface area (Å²) in [6, 6.07) is 14.8. The van der Waals surface area contributed by atoms with Crippen molar-refractivity contribution in [2.24, 2.45) is 0 Å². The minimum absolute atomic E-state index is 0.185. The summed E-state index contributed by atoms with van der Waals surface area (Å²) in [7, 11) is 3.20. The number of benzene rings is 2. The fraction of sp³-hybridized carbons (Fsp3) is 0.0833. The number of hydrogen-bond donors (Lipinski definition) is 0. The molecular formula is C24H16N6O4S2. The van der Waals surface area contributed by atoms with Crippen molar-refractivity contribution < 1.29 is 9.47 Å². The maximum absolute atomic E-state index is 12.8. The lowest BCUT2D eigenvalue weighted by Gasteiger charge is -1.98. The largest absolute Gasteiger partial charge is 0.497 e. The van der Waals surface area contributed by atoms with Crippen molar-refractivity contribution in [2.75, 3.05) is 14.2 Å². The van der Waals surface area contributed by atoms with Crippen LogP contribution in [-0.4, -0.2) is 43.4 Å². The third-order valence-corrected chi connectivity index (χ3v) is 7.31. The molecule has 4 aromatic heterocycles. The molecule has 0 bridgehead atoms. The van der Waals surface area contributed by atoms with Gasteiger partial charge in [0.2, 0.25) is 21.6 Å². The van der Waals surface area contributed by atoms with Crippen LogP contribution in [0.5, 0.6) is 11.5 Å². The predicted octanol–water partition coefficient (Wildman–Crippen LogP) is 1.39. The van der Waals surface area contributed by atoms with Crippen LogP contribution in [0.4, 0.5) is 0 Å². The second-order valence-electron chi connectivity index (χ2n) is 7.64. The number of nitrogens with zero attached hydrogens (tertiary/aromatic N) is 6. The van der Waals surface area contributed by atoms with Gasteiger partial charge in [0.05, 0.1) is 23.3 Å². The van der Waals surface area contributed by atoms with Gasteiger partial charge in [0.1, 0.15) is 11.5 Å². The summed E-state index contributed by atoms with van der Waals surface area (Å²) in [5, 5.41) is 8.58. The molecule has 0 atom stereocenters. The lowest BCUT2D eigenvalue weighted by Crippen LogP contribution is -2.24. The Balaban J connectivity index is 1.34. The van der Waals surface area contributed by atoms with Crippen LogP contribution in [0.15, 0.2) is 58.1 Å². The van der Waals surface area contributed by atoms with E-state index in [0.717, 1.165) is 22.6 Å². The minimum atomic E-state index is -0.286. The molecule has 0 radical (unpaired) electrons. The predicted molar refractivity (Wildman–Crippen MR) is 137 cm³/mol. The number of hydrogen-bond acceptors (Lipinski definition) is 10. The lowest BCUT2D eigenvalue weighted by molar-refractivity contribution is 0.414. The van der Waals surface area contributed by atoms with Gasteiger partial charge in [-0.05, 0) is 47.5 Å². The zero-order chi connectivity index (χ0) is 24.8. The fourth-order valence-electron chi connectivity index (χ4n) is 3.56. The lowest BCUT2D eigenvalue weighted by atomic mass is 10.2. The van der Waals surface area contributed by atoms with Crippen LogP contribution in [-0.2, 0) is 0 Å². The molecule has 0 saturated carbocycles. The minimum Gasteiger partial charge on any atom is -0.497 e. The topological polar surface area (TPSA) is 113 Å². The molecule has 10 nitrogen and oxygen atoms in total. The number of rotatable bonds is 5. The normalized spacial score (nSPS) is 12.7. The van der Waals surface area contributed by atoms with Gasteiger partial charge in [-0.1, -0.05) is 46.9 Å². The maximum Gasteiger partial charge on any atom is 0.291 e. The van der Waals surface area contributed by atoms with Crippen LogP contribution in [0.2, 0.25) is 0 Å². The van der Waals surface area contributed by atoms with Gasteiger partial charge in [-0.3, -0.25) is 9.59 Å². The molecule has 0 fully saturated rings. The average Bonchev–Trinajstić information content (AvgIpc) is 3.64. The Morgan fingerprint density at radius 2 is 1.06 bits per heavy atom. The highest BCUT2D eigenvalue weighted by molar-refractivity contribution is 7.15. The summed E-state index contributed by atoms with van der Waals surface area (Å²) >= 11 is 2.43. The molecule has 0 unspecified atom stereocenters. The molecular weight excluding hydrogens is 500 g/mol. The summed E-state index contributed by atoms with van der Waals surface area (Å²) in [4.78, 5) is 35.4. The first kappa shape index (κ1) is 22.1. The summed E-state index contributed by atoms with van der Waals surface area (Å²) < 4.78 is 13.8. The zero-order valence-corrected chi connectivity index (χ0v) is 20.5. The second-order valence-corrected chi connectivity index (χ2v) is 9.66. The zero-order valence-electron chi connectivity index (χ0n) is 18.9. The molecule has 0 aliphatic rings. The molecule has 2 aromatic carbocycles. The second kappa shape index (κ2) is 8.66. The van der Waals surface area contributed by atoms with Crippen molar-refractivity contribution >= 4 is 44.7 Å². The van der Waals surface area contributed by atoms with E-state index in [4.69, 9.17) is 9.47 Å². The van der Waals surface area contributed by atoms with Crippen molar-refractivity contribution in [3.05, 3.63) is 89.4 Å². The summed E-state index contributed by atoms with van der Waals surface area (Å²) in [5.41, 5.74) is 1.15. The maximum atomic E-state index is 12.8. The van der Waals surface area contributed by atoms with E-state index in [0.29, 0.717) is 19.0 Å². The van der Waals surface area contributed by atoms with E-state index in [9.17, 15) is 9.59 Å². The molecule has 0 saturated heterocycles. The van der Waals surface area contributed by atoms with Crippen LogP contribution >= 0.6 is 22.7 Å². The summed E-state index contributed by atoms with van der Waals surface area (Å²) in [5.74, 6) is 1.85. The molecule has 0 aliphatic heterocycles. The third kappa shape index (κ3) is 3.82. The van der Waals surface area contributed by atoms with Gasteiger partial charge in [-0.2, -0.15) is 19.0 Å². The first-order chi connectivity index (χ1) is 17.5. The van der Waals surface area contributed by atoms with E-state index in [1.54, 1.807) is 26.4 Å². The highest BCUT2D eigenvalue weighted by Crippen LogP contribution is 2.16. The van der Waals surface area contributed by atoms with Gasteiger partial charge < -0.3 is 9.47 Å². The van der Waals surface area contributed by atoms with E-state index in [1.807, 2.05) is 48.5 Å². The molecule has 36 heavy (non-hydrogen) atoms. The molecule has 0 spiro atoms. The van der Waals surface area contributed by atoms with Gasteiger partial charge in [-0.25, -0.2) is 0 Å². The van der Waals surface area contributed by atoms with Crippen molar-refractivity contribution in [3.63, 3.8) is 0 Å². The first-order valence-electron chi connectivity index (χ1n) is 10.6. The van der Waals surface area contributed by atoms with Gasteiger partial charge >= 0.3 is 0 Å². The number of fused-ring (bicyclic) bond motifs is 2. The molecule has 4 heterocycles. The number of aromatic nitrogens is 6. The molecule has 6 aromatic rings. The Bertz CT molecular complexity index is 1810. The molecule has 0 N–H and O–H groups in total. The number of methoxy groups -OCH3 is 2. The Morgan fingerprint density at radius 3 is 1.39 bits per heavy atom. The average molecular weight is 517 g/mol. The highest BCUT2D eigenvalue weighted by Gasteiger charge is 2.18. The van der Waals surface area contributed by atoms with E-state index < -0.39 is 0 Å². The molecule has 0 aliphatic carbocycles. The Kier molecular flexibility index (Phi) is 5.31. The van der Waals surface area contributed by atoms with Crippen molar-refractivity contribution in [2.45, 2.75) is 0 Å².